The summed E-state index contributed by atoms with van der Waals surface area (Å²) in [5, 5.41) is 4.50. The minimum absolute atomic E-state index is 0.0917. The van der Waals surface area contributed by atoms with E-state index in [4.69, 9.17) is 4.74 Å². The first-order valence-electron chi connectivity index (χ1n) is 8.85. The second kappa shape index (κ2) is 6.22. The Hall–Kier alpha value is -1.85. The minimum atomic E-state index is -0.387. The molecule has 6 nitrogen and oxygen atoms in total. The Morgan fingerprint density at radius 2 is 2.08 bits per heavy atom. The Labute approximate surface area is 143 Å². The zero-order chi connectivity index (χ0) is 17.5. The summed E-state index contributed by atoms with van der Waals surface area (Å²) < 4.78 is 7.40. The van der Waals surface area contributed by atoms with Gasteiger partial charge < -0.3 is 9.64 Å². The van der Waals surface area contributed by atoms with Gasteiger partial charge in [0.25, 0.3) is 0 Å². The molecule has 132 valence electrons. The van der Waals surface area contributed by atoms with Crippen LogP contribution in [0.2, 0.25) is 0 Å². The van der Waals surface area contributed by atoms with E-state index < -0.39 is 0 Å². The number of rotatable bonds is 5. The number of carbonyl (C=O) groups excluding carboxylic acids is 2. The average Bonchev–Trinajstić information content (AvgIpc) is 3.14. The number of ether oxygens (including phenoxy) is 1. The maximum atomic E-state index is 12.4. The van der Waals surface area contributed by atoms with E-state index in [2.05, 4.69) is 25.9 Å². The molecule has 1 aromatic rings. The molecule has 24 heavy (non-hydrogen) atoms. The van der Waals surface area contributed by atoms with Crippen LogP contribution < -0.4 is 0 Å². The van der Waals surface area contributed by atoms with E-state index in [1.54, 1.807) is 4.90 Å². The summed E-state index contributed by atoms with van der Waals surface area (Å²) in [5.74, 6) is 0.367. The highest BCUT2D eigenvalue weighted by atomic mass is 16.5. The fraction of sp³-hybridized carbons (Fsp3) is 0.722. The van der Waals surface area contributed by atoms with Gasteiger partial charge in [0.1, 0.15) is 0 Å². The first-order valence-corrected chi connectivity index (χ1v) is 8.85. The molecule has 2 fully saturated rings. The molecule has 0 bridgehead atoms. The van der Waals surface area contributed by atoms with Crippen LogP contribution in [0.5, 0.6) is 0 Å². The van der Waals surface area contributed by atoms with Crippen molar-refractivity contribution in [3.8, 4) is 0 Å². The van der Waals surface area contributed by atoms with Crippen LogP contribution in [-0.4, -0.2) is 46.3 Å². The summed E-state index contributed by atoms with van der Waals surface area (Å²) >= 11 is 0. The van der Waals surface area contributed by atoms with Crippen LogP contribution in [0, 0.1) is 5.92 Å². The van der Waals surface area contributed by atoms with Crippen LogP contribution >= 0.6 is 0 Å². The number of esters is 1. The van der Waals surface area contributed by atoms with Gasteiger partial charge in [0, 0.05) is 37.0 Å². The summed E-state index contributed by atoms with van der Waals surface area (Å²) in [5.41, 5.74) is 1.35. The number of carbonyl (C=O) groups is 2. The van der Waals surface area contributed by atoms with Crippen LogP contribution in [-0.2, 0) is 15.1 Å². The van der Waals surface area contributed by atoms with E-state index in [9.17, 15) is 9.59 Å². The third-order valence-electron chi connectivity index (χ3n) is 4.70. The first-order chi connectivity index (χ1) is 11.3. The average molecular weight is 333 g/mol. The van der Waals surface area contributed by atoms with E-state index in [0.717, 1.165) is 18.5 Å². The van der Waals surface area contributed by atoms with Crippen LogP contribution in [0.4, 0.5) is 0 Å². The van der Waals surface area contributed by atoms with E-state index in [1.807, 2.05) is 17.7 Å². The predicted molar refractivity (Wildman–Crippen MR) is 89.8 cm³/mol. The highest BCUT2D eigenvalue weighted by molar-refractivity contribution is 5.87. The summed E-state index contributed by atoms with van der Waals surface area (Å²) in [4.78, 5) is 25.9. The Balaban J connectivity index is 1.64. The third kappa shape index (κ3) is 3.47. The SMILES string of the molecule is CCN1C[C@H](COC(=O)c2cc(C3CC3)n(C(C)(C)C)n2)CC1=O. The van der Waals surface area contributed by atoms with E-state index in [0.29, 0.717) is 31.1 Å². The van der Waals surface area contributed by atoms with Crippen LogP contribution in [0.1, 0.15) is 69.1 Å². The van der Waals surface area contributed by atoms with Crippen molar-refractivity contribution in [1.29, 1.82) is 0 Å². The molecule has 2 aliphatic rings. The van der Waals surface area contributed by atoms with Gasteiger partial charge in [0.05, 0.1) is 12.1 Å². The van der Waals surface area contributed by atoms with Crippen molar-refractivity contribution >= 4 is 11.9 Å². The molecular formula is C18H27N3O3. The lowest BCUT2D eigenvalue weighted by atomic mass is 10.1. The largest absolute Gasteiger partial charge is 0.461 e. The maximum Gasteiger partial charge on any atom is 0.358 e. The van der Waals surface area contributed by atoms with Gasteiger partial charge in [-0.2, -0.15) is 5.10 Å². The number of amides is 1. The van der Waals surface area contributed by atoms with Gasteiger partial charge in [-0.15, -0.1) is 0 Å². The smallest absolute Gasteiger partial charge is 0.358 e. The van der Waals surface area contributed by atoms with Gasteiger partial charge in [0.2, 0.25) is 5.91 Å². The first kappa shape index (κ1) is 17.0. The molecule has 0 unspecified atom stereocenters. The summed E-state index contributed by atoms with van der Waals surface area (Å²) in [7, 11) is 0. The zero-order valence-corrected chi connectivity index (χ0v) is 15.0. The Morgan fingerprint density at radius 1 is 1.38 bits per heavy atom. The van der Waals surface area contributed by atoms with Gasteiger partial charge in [0.15, 0.2) is 5.69 Å². The van der Waals surface area contributed by atoms with Crippen LogP contribution in [0.3, 0.4) is 0 Å². The summed E-state index contributed by atoms with van der Waals surface area (Å²) in [6, 6.07) is 1.88. The molecule has 1 atom stereocenters. The van der Waals surface area contributed by atoms with Crippen molar-refractivity contribution in [3.05, 3.63) is 17.5 Å². The normalized spacial score (nSPS) is 21.4. The number of hydrogen-bond donors (Lipinski definition) is 0. The summed E-state index contributed by atoms with van der Waals surface area (Å²) in [6.45, 7) is 9.89. The quantitative estimate of drug-likeness (QED) is 0.777. The maximum absolute atomic E-state index is 12.4. The molecule has 0 radical (unpaired) electrons. The fourth-order valence-corrected chi connectivity index (χ4v) is 3.24. The minimum Gasteiger partial charge on any atom is -0.461 e. The Kier molecular flexibility index (Phi) is 4.40. The highest BCUT2D eigenvalue weighted by Gasteiger charge is 2.33. The second-order valence-electron chi connectivity index (χ2n) is 7.91. The molecule has 1 saturated carbocycles. The Morgan fingerprint density at radius 3 is 2.62 bits per heavy atom. The zero-order valence-electron chi connectivity index (χ0n) is 15.0. The molecule has 0 N–H and O–H groups in total. The molecular weight excluding hydrogens is 306 g/mol. The molecule has 3 rings (SSSR count). The lowest BCUT2D eigenvalue weighted by Gasteiger charge is -2.22. The van der Waals surface area contributed by atoms with E-state index >= 15 is 0 Å². The second-order valence-corrected chi connectivity index (χ2v) is 7.91. The molecule has 1 amide bonds. The van der Waals surface area contributed by atoms with E-state index in [-0.39, 0.29) is 29.9 Å². The number of likely N-dealkylation sites (tertiary alicyclic amines) is 1. The van der Waals surface area contributed by atoms with Crippen molar-refractivity contribution in [3.63, 3.8) is 0 Å². The molecule has 0 aromatic carbocycles. The van der Waals surface area contributed by atoms with Crippen molar-refractivity contribution in [1.82, 2.24) is 14.7 Å². The standard InChI is InChI=1S/C18H27N3O3/c1-5-20-10-12(8-16(20)22)11-24-17(23)14-9-15(13-6-7-13)21(19-14)18(2,3)4/h9,12-13H,5-8,10-11H2,1-4H3/t12-/m1/s1. The van der Waals surface area contributed by atoms with Crippen molar-refractivity contribution in [2.45, 2.75) is 58.4 Å². The molecule has 1 aliphatic heterocycles. The van der Waals surface area contributed by atoms with Crippen molar-refractivity contribution < 1.29 is 14.3 Å². The lowest BCUT2D eigenvalue weighted by molar-refractivity contribution is -0.127. The fourth-order valence-electron chi connectivity index (χ4n) is 3.24. The topological polar surface area (TPSA) is 64.4 Å². The molecule has 6 heteroatoms. The van der Waals surface area contributed by atoms with Gasteiger partial charge >= 0.3 is 5.97 Å². The predicted octanol–water partition coefficient (Wildman–Crippen LogP) is 2.54. The number of hydrogen-bond acceptors (Lipinski definition) is 4. The van der Waals surface area contributed by atoms with Crippen LogP contribution in [0.25, 0.3) is 0 Å². The van der Waals surface area contributed by atoms with Crippen molar-refractivity contribution in [2.24, 2.45) is 5.92 Å². The molecule has 1 aromatic heterocycles. The molecule has 1 aliphatic carbocycles. The van der Waals surface area contributed by atoms with Gasteiger partial charge in [-0.05, 0) is 46.6 Å². The Bertz CT molecular complexity index is 640. The number of nitrogens with zero attached hydrogens (tertiary/aromatic N) is 3. The van der Waals surface area contributed by atoms with Gasteiger partial charge in [-0.25, -0.2) is 4.79 Å². The van der Waals surface area contributed by atoms with Gasteiger partial charge in [-0.1, -0.05) is 0 Å². The monoisotopic (exact) mass is 333 g/mol. The summed E-state index contributed by atoms with van der Waals surface area (Å²) in [6.07, 6.45) is 2.78. The number of aromatic nitrogens is 2. The molecule has 0 spiro atoms. The van der Waals surface area contributed by atoms with E-state index in [1.165, 1.54) is 0 Å². The third-order valence-corrected chi connectivity index (χ3v) is 4.70. The lowest BCUT2D eigenvalue weighted by Crippen LogP contribution is -2.26. The van der Waals surface area contributed by atoms with Gasteiger partial charge in [-0.3, -0.25) is 9.48 Å². The molecule has 2 heterocycles. The van der Waals surface area contributed by atoms with Crippen LogP contribution in [0.15, 0.2) is 6.07 Å². The highest BCUT2D eigenvalue weighted by Crippen LogP contribution is 2.41. The molecule has 1 saturated heterocycles. The van der Waals surface area contributed by atoms with Crippen molar-refractivity contribution in [2.75, 3.05) is 19.7 Å².